The zero-order valence-corrected chi connectivity index (χ0v) is 14.1. The number of nitrogens with zero attached hydrogens (tertiary/aromatic N) is 2. The lowest BCUT2D eigenvalue weighted by Crippen LogP contribution is -2.23. The Morgan fingerprint density at radius 2 is 1.92 bits per heavy atom. The molecule has 6 heteroatoms. The number of aromatic nitrogens is 2. The highest BCUT2D eigenvalue weighted by Gasteiger charge is 2.18. The number of halogens is 1. The van der Waals surface area contributed by atoms with Gasteiger partial charge in [-0.05, 0) is 43.4 Å². The molecule has 1 aliphatic heterocycles. The number of carbonyl (C=O) groups is 1. The number of nitrogens with one attached hydrogen (secondary N) is 1. The molecule has 1 fully saturated rings. The van der Waals surface area contributed by atoms with Crippen molar-refractivity contribution < 1.29 is 13.9 Å². The summed E-state index contributed by atoms with van der Waals surface area (Å²) < 4.78 is 18.5. The lowest BCUT2D eigenvalue weighted by Gasteiger charge is -2.21. The first-order chi connectivity index (χ1) is 12.2. The third-order valence-corrected chi connectivity index (χ3v) is 4.24. The van der Waals surface area contributed by atoms with Crippen LogP contribution in [-0.4, -0.2) is 22.5 Å². The third kappa shape index (κ3) is 5.32. The molecule has 5 nitrogen and oxygen atoms in total. The second-order valence-corrected chi connectivity index (χ2v) is 6.21. The summed E-state index contributed by atoms with van der Waals surface area (Å²) in [5.41, 5.74) is 1.80. The number of rotatable bonds is 6. The molecule has 0 spiro atoms. The zero-order chi connectivity index (χ0) is 17.5. The fourth-order valence-corrected chi connectivity index (χ4v) is 2.76. The standard InChI is InChI=1S/C19H22FN3O2/c20-16-7-4-14(5-8-16)6-9-18(24)21-11-15-12-22-19(23-13-15)17-3-1-2-10-25-17/h4-5,7-8,12-13,17H,1-3,6,9-11H2,(H,21,24)/t17-/m0/s1. The van der Waals surface area contributed by atoms with Gasteiger partial charge in [0.05, 0.1) is 0 Å². The van der Waals surface area contributed by atoms with Crippen LogP contribution in [0.5, 0.6) is 0 Å². The van der Waals surface area contributed by atoms with E-state index in [4.69, 9.17) is 4.74 Å². The summed E-state index contributed by atoms with van der Waals surface area (Å²) in [4.78, 5) is 20.6. The Kier molecular flexibility index (Phi) is 6.06. The van der Waals surface area contributed by atoms with Crippen LogP contribution in [0.2, 0.25) is 0 Å². The number of amides is 1. The molecule has 1 amide bonds. The maximum Gasteiger partial charge on any atom is 0.220 e. The Balaban J connectivity index is 1.43. The quantitative estimate of drug-likeness (QED) is 0.875. The second kappa shape index (κ2) is 8.67. The van der Waals surface area contributed by atoms with E-state index in [1.54, 1.807) is 24.5 Å². The highest BCUT2D eigenvalue weighted by Crippen LogP contribution is 2.24. The minimum absolute atomic E-state index is 0.00639. The van der Waals surface area contributed by atoms with Crippen molar-refractivity contribution in [3.63, 3.8) is 0 Å². The number of hydrogen-bond donors (Lipinski definition) is 1. The fourth-order valence-electron chi connectivity index (χ4n) is 2.76. The van der Waals surface area contributed by atoms with Gasteiger partial charge in [0, 0.05) is 37.5 Å². The van der Waals surface area contributed by atoms with Crippen LogP contribution in [0.3, 0.4) is 0 Å². The Hall–Kier alpha value is -2.34. The van der Waals surface area contributed by atoms with Crippen LogP contribution in [0.25, 0.3) is 0 Å². The van der Waals surface area contributed by atoms with Crippen LogP contribution in [0.1, 0.15) is 48.7 Å². The van der Waals surface area contributed by atoms with Gasteiger partial charge in [-0.3, -0.25) is 4.79 Å². The molecule has 1 aliphatic rings. The molecule has 0 aliphatic carbocycles. The van der Waals surface area contributed by atoms with Crippen molar-refractivity contribution in [3.05, 3.63) is 59.4 Å². The summed E-state index contributed by atoms with van der Waals surface area (Å²) >= 11 is 0. The van der Waals surface area contributed by atoms with Gasteiger partial charge in [-0.1, -0.05) is 12.1 Å². The Morgan fingerprint density at radius 3 is 2.60 bits per heavy atom. The molecular weight excluding hydrogens is 321 g/mol. The molecule has 1 saturated heterocycles. The van der Waals surface area contributed by atoms with Crippen LogP contribution in [0, 0.1) is 5.82 Å². The highest BCUT2D eigenvalue weighted by atomic mass is 19.1. The molecule has 132 valence electrons. The first kappa shape index (κ1) is 17.5. The van der Waals surface area contributed by atoms with Crippen LogP contribution >= 0.6 is 0 Å². The highest BCUT2D eigenvalue weighted by molar-refractivity contribution is 5.76. The van der Waals surface area contributed by atoms with Crippen molar-refractivity contribution in [2.24, 2.45) is 0 Å². The van der Waals surface area contributed by atoms with E-state index in [9.17, 15) is 9.18 Å². The predicted octanol–water partition coefficient (Wildman–Crippen LogP) is 3.11. The van der Waals surface area contributed by atoms with E-state index >= 15 is 0 Å². The van der Waals surface area contributed by atoms with Gasteiger partial charge in [-0.25, -0.2) is 14.4 Å². The van der Waals surface area contributed by atoms with E-state index < -0.39 is 0 Å². The van der Waals surface area contributed by atoms with Crippen molar-refractivity contribution in [1.29, 1.82) is 0 Å². The molecule has 1 aromatic heterocycles. The van der Waals surface area contributed by atoms with E-state index in [-0.39, 0.29) is 17.8 Å². The second-order valence-electron chi connectivity index (χ2n) is 6.21. The molecule has 0 saturated carbocycles. The zero-order valence-electron chi connectivity index (χ0n) is 14.1. The van der Waals surface area contributed by atoms with Crippen molar-refractivity contribution in [2.75, 3.05) is 6.61 Å². The van der Waals surface area contributed by atoms with Gasteiger partial charge < -0.3 is 10.1 Å². The van der Waals surface area contributed by atoms with Crippen LogP contribution < -0.4 is 5.32 Å². The van der Waals surface area contributed by atoms with Gasteiger partial charge in [0.1, 0.15) is 11.9 Å². The largest absolute Gasteiger partial charge is 0.370 e. The Bertz CT molecular complexity index is 683. The van der Waals surface area contributed by atoms with Crippen molar-refractivity contribution in [3.8, 4) is 0 Å². The Morgan fingerprint density at radius 1 is 1.16 bits per heavy atom. The minimum atomic E-state index is -0.268. The first-order valence-electron chi connectivity index (χ1n) is 8.64. The predicted molar refractivity (Wildman–Crippen MR) is 91.1 cm³/mol. The van der Waals surface area contributed by atoms with Crippen molar-refractivity contribution >= 4 is 5.91 Å². The SMILES string of the molecule is O=C(CCc1ccc(F)cc1)NCc1cnc([C@@H]2CCCCO2)nc1. The normalized spacial score (nSPS) is 17.2. The molecule has 1 aromatic carbocycles. The molecule has 3 rings (SSSR count). The smallest absolute Gasteiger partial charge is 0.220 e. The Labute approximate surface area is 146 Å². The van der Waals surface area contributed by atoms with Gasteiger partial charge in [0.25, 0.3) is 0 Å². The summed E-state index contributed by atoms with van der Waals surface area (Å²) in [7, 11) is 0. The van der Waals surface area contributed by atoms with Crippen molar-refractivity contribution in [2.45, 2.75) is 44.8 Å². The molecule has 0 unspecified atom stereocenters. The molecule has 1 N–H and O–H groups in total. The average Bonchev–Trinajstić information content (AvgIpc) is 2.67. The molecular formula is C19H22FN3O2. The van der Waals surface area contributed by atoms with Crippen LogP contribution in [0.15, 0.2) is 36.7 Å². The summed E-state index contributed by atoms with van der Waals surface area (Å²) in [5, 5.41) is 2.86. The molecule has 2 heterocycles. The number of ether oxygens (including phenoxy) is 1. The topological polar surface area (TPSA) is 64.1 Å². The van der Waals surface area contributed by atoms with E-state index in [1.807, 2.05) is 0 Å². The maximum atomic E-state index is 12.8. The lowest BCUT2D eigenvalue weighted by molar-refractivity contribution is -0.121. The monoisotopic (exact) mass is 343 g/mol. The number of carbonyl (C=O) groups excluding carboxylic acids is 1. The lowest BCUT2D eigenvalue weighted by atomic mass is 10.1. The van der Waals surface area contributed by atoms with Crippen LogP contribution in [-0.2, 0) is 22.5 Å². The van der Waals surface area contributed by atoms with E-state index in [0.29, 0.717) is 25.2 Å². The number of benzene rings is 1. The van der Waals surface area contributed by atoms with Crippen LogP contribution in [0.4, 0.5) is 4.39 Å². The molecule has 0 radical (unpaired) electrons. The first-order valence-corrected chi connectivity index (χ1v) is 8.64. The number of aryl methyl sites for hydroxylation is 1. The van der Waals surface area contributed by atoms with Crippen molar-refractivity contribution in [1.82, 2.24) is 15.3 Å². The van der Waals surface area contributed by atoms with E-state index in [0.717, 1.165) is 37.0 Å². The molecule has 2 aromatic rings. The van der Waals surface area contributed by atoms with Gasteiger partial charge in [-0.15, -0.1) is 0 Å². The number of hydrogen-bond acceptors (Lipinski definition) is 4. The summed E-state index contributed by atoms with van der Waals surface area (Å²) in [6, 6.07) is 6.20. The fraction of sp³-hybridized carbons (Fsp3) is 0.421. The van der Waals surface area contributed by atoms with Gasteiger partial charge in [-0.2, -0.15) is 0 Å². The molecule has 0 bridgehead atoms. The van der Waals surface area contributed by atoms with Gasteiger partial charge >= 0.3 is 0 Å². The van der Waals surface area contributed by atoms with E-state index in [1.165, 1.54) is 12.1 Å². The van der Waals surface area contributed by atoms with Gasteiger partial charge in [0.15, 0.2) is 5.82 Å². The maximum absolute atomic E-state index is 12.8. The molecule has 25 heavy (non-hydrogen) atoms. The molecule has 1 atom stereocenters. The summed E-state index contributed by atoms with van der Waals surface area (Å²) in [5.74, 6) is 0.394. The summed E-state index contributed by atoms with van der Waals surface area (Å²) in [6.07, 6.45) is 7.60. The summed E-state index contributed by atoms with van der Waals surface area (Å²) in [6.45, 7) is 1.16. The third-order valence-electron chi connectivity index (χ3n) is 4.24. The van der Waals surface area contributed by atoms with Gasteiger partial charge in [0.2, 0.25) is 5.91 Å². The average molecular weight is 343 g/mol. The van der Waals surface area contributed by atoms with E-state index in [2.05, 4.69) is 15.3 Å². The minimum Gasteiger partial charge on any atom is -0.370 e.